The molecule has 3 N–H and O–H groups in total. The van der Waals surface area contributed by atoms with E-state index in [1.807, 2.05) is 0 Å². The average molecular weight is 277 g/mol. The molecule has 8 heteroatoms. The number of H-pyrrole nitrogens is 1. The minimum Gasteiger partial charge on any atom is -0.363 e. The lowest BCUT2D eigenvalue weighted by molar-refractivity contribution is 0.439. The average Bonchev–Trinajstić information content (AvgIpc) is 2.78. The Morgan fingerprint density at radius 1 is 1.41 bits per heavy atom. The van der Waals surface area contributed by atoms with Gasteiger partial charge in [0.15, 0.2) is 0 Å². The third-order valence-electron chi connectivity index (χ3n) is 2.71. The van der Waals surface area contributed by atoms with Crippen LogP contribution in [0.5, 0.6) is 0 Å². The molecule has 17 heavy (non-hydrogen) atoms. The molecule has 0 amide bonds. The van der Waals surface area contributed by atoms with Gasteiger partial charge in [0.1, 0.15) is 0 Å². The highest BCUT2D eigenvalue weighted by molar-refractivity contribution is 7.89. The zero-order valence-electron chi connectivity index (χ0n) is 9.26. The van der Waals surface area contributed by atoms with Crippen LogP contribution in [-0.4, -0.2) is 46.5 Å². The van der Waals surface area contributed by atoms with Crippen LogP contribution in [0.3, 0.4) is 0 Å². The predicted octanol–water partition coefficient (Wildman–Crippen LogP) is -0.774. The molecule has 2 rings (SSSR count). The number of nitrogens with two attached hydrogens (primary N) is 1. The first-order valence-electron chi connectivity index (χ1n) is 5.26. The Morgan fingerprint density at radius 2 is 2.06 bits per heavy atom. The molecule has 2 heterocycles. The van der Waals surface area contributed by atoms with Crippen LogP contribution >= 0.6 is 0 Å². The van der Waals surface area contributed by atoms with Crippen molar-refractivity contribution in [2.24, 2.45) is 5.73 Å². The molecule has 0 radical (unpaired) electrons. The predicted molar refractivity (Wildman–Crippen MR) is 65.3 cm³/mol. The number of sulfonamides is 1. The van der Waals surface area contributed by atoms with E-state index < -0.39 is 20.8 Å². The maximum absolute atomic E-state index is 12.2. The van der Waals surface area contributed by atoms with Crippen molar-refractivity contribution in [1.29, 1.82) is 0 Å². The molecule has 1 aliphatic rings. The van der Waals surface area contributed by atoms with Gasteiger partial charge in [-0.05, 0) is 6.07 Å². The fraction of sp³-hybridized carbons (Fsp3) is 0.556. The van der Waals surface area contributed by atoms with Gasteiger partial charge in [0, 0.05) is 53.8 Å². The van der Waals surface area contributed by atoms with E-state index >= 15 is 0 Å². The van der Waals surface area contributed by atoms with Crippen LogP contribution in [0.2, 0.25) is 0 Å². The number of hydrogen-bond acceptors (Lipinski definition) is 4. The van der Waals surface area contributed by atoms with Gasteiger partial charge in [0.05, 0.1) is 4.90 Å². The van der Waals surface area contributed by atoms with Gasteiger partial charge in [-0.3, -0.25) is 4.21 Å². The largest absolute Gasteiger partial charge is 0.363 e. The Labute approximate surface area is 103 Å². The first-order valence-corrected chi connectivity index (χ1v) is 8.19. The highest BCUT2D eigenvalue weighted by Crippen LogP contribution is 2.18. The van der Waals surface area contributed by atoms with Crippen molar-refractivity contribution in [3.05, 3.63) is 18.0 Å². The Morgan fingerprint density at radius 3 is 2.59 bits per heavy atom. The molecule has 0 bridgehead atoms. The van der Waals surface area contributed by atoms with E-state index in [4.69, 9.17) is 5.73 Å². The summed E-state index contributed by atoms with van der Waals surface area (Å²) in [6.07, 6.45) is 1.45. The number of rotatable bonds is 3. The van der Waals surface area contributed by atoms with Crippen molar-refractivity contribution in [2.75, 3.05) is 24.6 Å². The van der Waals surface area contributed by atoms with E-state index in [9.17, 15) is 12.6 Å². The molecule has 0 spiro atoms. The molecule has 0 unspecified atom stereocenters. The van der Waals surface area contributed by atoms with Gasteiger partial charge >= 0.3 is 0 Å². The van der Waals surface area contributed by atoms with Crippen LogP contribution in [0.4, 0.5) is 0 Å². The van der Waals surface area contributed by atoms with Crippen LogP contribution in [0, 0.1) is 0 Å². The van der Waals surface area contributed by atoms with E-state index in [1.54, 1.807) is 6.07 Å². The van der Waals surface area contributed by atoms with Gasteiger partial charge in [-0.25, -0.2) is 8.42 Å². The molecule has 1 aromatic rings. The number of hydrogen-bond donors (Lipinski definition) is 2. The van der Waals surface area contributed by atoms with E-state index in [-0.39, 0.29) is 11.4 Å². The molecule has 6 nitrogen and oxygen atoms in total. The zero-order valence-corrected chi connectivity index (χ0v) is 10.9. The molecular formula is C9H15N3O3S2. The summed E-state index contributed by atoms with van der Waals surface area (Å²) in [4.78, 5) is 3.05. The standard InChI is InChI=1S/C9H15N3O3S2/c10-6-8-5-9(7-11-8)17(14,15)12-1-3-16(13)4-2-12/h5,7,11H,1-4,6,10H2. The van der Waals surface area contributed by atoms with Crippen molar-refractivity contribution in [3.63, 3.8) is 0 Å². The molecule has 0 aliphatic carbocycles. The van der Waals surface area contributed by atoms with Gasteiger partial charge < -0.3 is 10.7 Å². The fourth-order valence-corrected chi connectivity index (χ4v) is 4.44. The van der Waals surface area contributed by atoms with Crippen molar-refractivity contribution >= 4 is 20.8 Å². The lowest BCUT2D eigenvalue weighted by Crippen LogP contribution is -2.41. The molecular weight excluding hydrogens is 262 g/mol. The first-order chi connectivity index (χ1) is 8.04. The van der Waals surface area contributed by atoms with Gasteiger partial charge in [-0.1, -0.05) is 0 Å². The minimum absolute atomic E-state index is 0.227. The van der Waals surface area contributed by atoms with E-state index in [2.05, 4.69) is 4.98 Å². The van der Waals surface area contributed by atoms with Crippen LogP contribution in [0.15, 0.2) is 17.2 Å². The Bertz CT molecular complexity index is 513. The minimum atomic E-state index is -3.46. The van der Waals surface area contributed by atoms with E-state index in [0.29, 0.717) is 30.3 Å². The summed E-state index contributed by atoms with van der Waals surface area (Å²) in [6.45, 7) is 0.912. The summed E-state index contributed by atoms with van der Waals surface area (Å²) >= 11 is 0. The van der Waals surface area contributed by atoms with Gasteiger partial charge in [0.2, 0.25) is 10.0 Å². The van der Waals surface area contributed by atoms with Crippen LogP contribution in [-0.2, 0) is 27.4 Å². The third kappa shape index (κ3) is 2.59. The third-order valence-corrected chi connectivity index (χ3v) is 5.86. The molecule has 0 saturated carbocycles. The van der Waals surface area contributed by atoms with Gasteiger partial charge in [-0.15, -0.1) is 0 Å². The Balaban J connectivity index is 2.21. The molecule has 1 fully saturated rings. The summed E-state index contributed by atoms with van der Waals surface area (Å²) in [6, 6.07) is 1.54. The maximum atomic E-state index is 12.2. The first kappa shape index (κ1) is 12.7. The van der Waals surface area contributed by atoms with Gasteiger partial charge in [-0.2, -0.15) is 4.31 Å². The lowest BCUT2D eigenvalue weighted by atomic mass is 10.4. The number of aromatic amines is 1. The molecule has 1 saturated heterocycles. The van der Waals surface area contributed by atoms with Gasteiger partial charge in [0.25, 0.3) is 0 Å². The second kappa shape index (κ2) is 4.89. The fourth-order valence-electron chi connectivity index (χ4n) is 1.70. The SMILES string of the molecule is NCc1cc(S(=O)(=O)N2CCS(=O)CC2)c[nH]1. The summed E-state index contributed by atoms with van der Waals surface area (Å²) in [5.41, 5.74) is 6.11. The number of nitrogens with one attached hydrogen (secondary N) is 1. The topological polar surface area (TPSA) is 96.3 Å². The summed E-state index contributed by atoms with van der Waals surface area (Å²) in [7, 11) is -4.35. The molecule has 1 aliphatic heterocycles. The zero-order chi connectivity index (χ0) is 12.5. The lowest BCUT2D eigenvalue weighted by Gasteiger charge is -2.24. The number of nitrogens with zero attached hydrogens (tertiary/aromatic N) is 1. The Hall–Kier alpha value is -0.700. The van der Waals surface area contributed by atoms with E-state index in [1.165, 1.54) is 10.5 Å². The maximum Gasteiger partial charge on any atom is 0.244 e. The molecule has 0 atom stereocenters. The van der Waals surface area contributed by atoms with Crippen molar-refractivity contribution in [3.8, 4) is 0 Å². The number of aromatic nitrogens is 1. The summed E-state index contributed by atoms with van der Waals surface area (Å²) in [5, 5.41) is 0. The summed E-state index contributed by atoms with van der Waals surface area (Å²) in [5.74, 6) is 0.820. The van der Waals surface area contributed by atoms with Crippen molar-refractivity contribution < 1.29 is 12.6 Å². The second-order valence-electron chi connectivity index (χ2n) is 3.82. The molecule has 0 aromatic carbocycles. The quantitative estimate of drug-likeness (QED) is 0.758. The molecule has 96 valence electrons. The van der Waals surface area contributed by atoms with Crippen molar-refractivity contribution in [1.82, 2.24) is 9.29 Å². The normalized spacial score (nSPS) is 19.6. The second-order valence-corrected chi connectivity index (χ2v) is 7.45. The van der Waals surface area contributed by atoms with Crippen LogP contribution in [0.1, 0.15) is 5.69 Å². The van der Waals surface area contributed by atoms with E-state index in [0.717, 1.165) is 0 Å². The van der Waals surface area contributed by atoms with Crippen molar-refractivity contribution in [2.45, 2.75) is 11.4 Å². The highest BCUT2D eigenvalue weighted by Gasteiger charge is 2.28. The molecule has 1 aromatic heterocycles. The summed E-state index contributed by atoms with van der Waals surface area (Å²) < 4.78 is 36.9. The monoisotopic (exact) mass is 277 g/mol. The highest BCUT2D eigenvalue weighted by atomic mass is 32.2. The Kier molecular flexibility index (Phi) is 3.67. The van der Waals surface area contributed by atoms with Crippen LogP contribution < -0.4 is 5.73 Å². The van der Waals surface area contributed by atoms with Crippen LogP contribution in [0.25, 0.3) is 0 Å². The smallest absolute Gasteiger partial charge is 0.244 e.